The van der Waals surface area contributed by atoms with Crippen LogP contribution in [-0.2, 0) is 10.8 Å². The summed E-state index contributed by atoms with van der Waals surface area (Å²) in [5, 5.41) is 11.0. The molecule has 31 heavy (non-hydrogen) atoms. The van der Waals surface area contributed by atoms with Crippen molar-refractivity contribution in [3.05, 3.63) is 83.4 Å². The third kappa shape index (κ3) is 5.16. The van der Waals surface area contributed by atoms with Crippen LogP contribution in [0, 0.1) is 0 Å². The first-order valence-electron chi connectivity index (χ1n) is 10.8. The van der Waals surface area contributed by atoms with E-state index < -0.39 is 0 Å². The van der Waals surface area contributed by atoms with E-state index in [0.717, 1.165) is 28.2 Å². The van der Waals surface area contributed by atoms with Crippen LogP contribution in [0.2, 0.25) is 0 Å². The van der Waals surface area contributed by atoms with E-state index in [0.29, 0.717) is 5.75 Å². The molecule has 3 rings (SSSR count). The predicted molar refractivity (Wildman–Crippen MR) is 134 cm³/mol. The molecule has 0 aliphatic carbocycles. The van der Waals surface area contributed by atoms with Gasteiger partial charge >= 0.3 is 0 Å². The summed E-state index contributed by atoms with van der Waals surface area (Å²) in [6.07, 6.45) is 1.79. The number of nitrogens with zero attached hydrogens (tertiary/aromatic N) is 2. The Kier molecular flexibility index (Phi) is 6.26. The highest BCUT2D eigenvalue weighted by Crippen LogP contribution is 2.38. The first kappa shape index (κ1) is 22.6. The maximum atomic E-state index is 11.0. The second kappa shape index (κ2) is 8.58. The van der Waals surface area contributed by atoms with Crippen molar-refractivity contribution >= 4 is 23.3 Å². The fourth-order valence-corrected chi connectivity index (χ4v) is 3.55. The van der Waals surface area contributed by atoms with Crippen LogP contribution in [0.5, 0.6) is 5.75 Å². The summed E-state index contributed by atoms with van der Waals surface area (Å²) in [6.45, 7) is 12.9. The van der Waals surface area contributed by atoms with Crippen molar-refractivity contribution in [3.8, 4) is 5.75 Å². The van der Waals surface area contributed by atoms with E-state index in [1.807, 2.05) is 43.4 Å². The van der Waals surface area contributed by atoms with E-state index in [1.54, 1.807) is 6.21 Å². The van der Waals surface area contributed by atoms with Crippen LogP contribution in [-0.4, -0.2) is 18.4 Å². The molecular formula is C28H34N2O. The zero-order valence-electron chi connectivity index (χ0n) is 19.8. The zero-order chi connectivity index (χ0) is 22.8. The van der Waals surface area contributed by atoms with Gasteiger partial charge in [-0.3, -0.25) is 4.99 Å². The Balaban J connectivity index is 2.07. The van der Waals surface area contributed by atoms with Gasteiger partial charge in [-0.25, -0.2) is 0 Å². The first-order valence-corrected chi connectivity index (χ1v) is 10.8. The second-order valence-corrected chi connectivity index (χ2v) is 10.1. The lowest BCUT2D eigenvalue weighted by Gasteiger charge is -2.27. The molecule has 0 radical (unpaired) electrons. The van der Waals surface area contributed by atoms with E-state index in [-0.39, 0.29) is 10.8 Å². The number of rotatable bonds is 4. The maximum Gasteiger partial charge on any atom is 0.128 e. The van der Waals surface area contributed by atoms with Crippen molar-refractivity contribution in [2.45, 2.75) is 52.4 Å². The molecule has 3 nitrogen and oxygen atoms in total. The molecule has 3 aromatic carbocycles. The van der Waals surface area contributed by atoms with E-state index in [1.165, 1.54) is 5.56 Å². The van der Waals surface area contributed by atoms with Crippen molar-refractivity contribution in [3.63, 3.8) is 0 Å². The lowest BCUT2D eigenvalue weighted by molar-refractivity contribution is 0.444. The number of hydrogen-bond acceptors (Lipinski definition) is 3. The van der Waals surface area contributed by atoms with Gasteiger partial charge in [-0.15, -0.1) is 0 Å². The van der Waals surface area contributed by atoms with Crippen LogP contribution in [0.1, 0.15) is 58.2 Å². The van der Waals surface area contributed by atoms with Gasteiger partial charge in [0, 0.05) is 30.1 Å². The number of aliphatic imine (C=N–C) groups is 1. The smallest absolute Gasteiger partial charge is 0.128 e. The summed E-state index contributed by atoms with van der Waals surface area (Å²) >= 11 is 0. The molecule has 1 N–H and O–H groups in total. The monoisotopic (exact) mass is 414 g/mol. The lowest BCUT2D eigenvalue weighted by atomic mass is 9.79. The topological polar surface area (TPSA) is 35.8 Å². The Hall–Kier alpha value is -3.07. The molecule has 0 fully saturated rings. The average molecular weight is 415 g/mol. The third-order valence-corrected chi connectivity index (χ3v) is 5.54. The fraction of sp³-hybridized carbons (Fsp3) is 0.321. The summed E-state index contributed by atoms with van der Waals surface area (Å²) in [6, 6.07) is 22.5. The molecule has 3 heteroatoms. The SMILES string of the molecule is CN(c1ccccc1)c1ccccc1N=Cc1cc(C(C)(C)C)cc(C(C)(C)C)c1O. The molecule has 0 bridgehead atoms. The largest absolute Gasteiger partial charge is 0.507 e. The molecule has 3 aromatic rings. The Bertz CT molecular complexity index is 1070. The molecule has 162 valence electrons. The van der Waals surface area contributed by atoms with Gasteiger partial charge in [0.1, 0.15) is 5.75 Å². The molecule has 0 aliphatic heterocycles. The quantitative estimate of drug-likeness (QED) is 0.448. The van der Waals surface area contributed by atoms with Crippen molar-refractivity contribution in [1.82, 2.24) is 0 Å². The van der Waals surface area contributed by atoms with Crippen LogP contribution in [0.3, 0.4) is 0 Å². The fourth-order valence-electron chi connectivity index (χ4n) is 3.55. The highest BCUT2D eigenvalue weighted by molar-refractivity contribution is 5.89. The lowest BCUT2D eigenvalue weighted by Crippen LogP contribution is -2.17. The number of para-hydroxylation sites is 3. The Morgan fingerprint density at radius 3 is 2.03 bits per heavy atom. The molecule has 0 saturated carbocycles. The van der Waals surface area contributed by atoms with E-state index in [9.17, 15) is 5.11 Å². The minimum Gasteiger partial charge on any atom is -0.507 e. The number of phenolic OH excluding ortho intramolecular Hbond substituents is 1. The maximum absolute atomic E-state index is 11.0. The van der Waals surface area contributed by atoms with Gasteiger partial charge in [0.15, 0.2) is 0 Å². The van der Waals surface area contributed by atoms with Gasteiger partial charge in [-0.05, 0) is 46.7 Å². The summed E-state index contributed by atoms with van der Waals surface area (Å²) in [5.74, 6) is 0.304. The van der Waals surface area contributed by atoms with Gasteiger partial charge in [0.25, 0.3) is 0 Å². The number of benzene rings is 3. The minimum atomic E-state index is -0.167. The van der Waals surface area contributed by atoms with Gasteiger partial charge < -0.3 is 10.0 Å². The Morgan fingerprint density at radius 2 is 1.42 bits per heavy atom. The van der Waals surface area contributed by atoms with Crippen LogP contribution >= 0.6 is 0 Å². The zero-order valence-corrected chi connectivity index (χ0v) is 19.8. The molecule has 0 saturated heterocycles. The molecule has 0 aromatic heterocycles. The van der Waals surface area contributed by atoms with Crippen molar-refractivity contribution in [1.29, 1.82) is 0 Å². The summed E-state index contributed by atoms with van der Waals surface area (Å²) < 4.78 is 0. The first-order chi connectivity index (χ1) is 14.5. The van der Waals surface area contributed by atoms with Gasteiger partial charge in [0.2, 0.25) is 0 Å². The molecular weight excluding hydrogens is 380 g/mol. The molecule has 0 heterocycles. The van der Waals surface area contributed by atoms with Crippen LogP contribution in [0.25, 0.3) is 0 Å². The van der Waals surface area contributed by atoms with Crippen LogP contribution in [0.15, 0.2) is 71.7 Å². The molecule has 0 unspecified atom stereocenters. The number of anilines is 2. The molecule has 0 aliphatic rings. The van der Waals surface area contributed by atoms with Gasteiger partial charge in [0.05, 0.1) is 11.4 Å². The Labute approximate surface area is 187 Å². The standard InChI is InChI=1S/C28H34N2O/c1-27(2,3)21-17-20(26(31)23(18-21)28(4,5)6)19-29-24-15-11-12-16-25(24)30(7)22-13-9-8-10-14-22/h8-19,31H,1-7H3. The highest BCUT2D eigenvalue weighted by Gasteiger charge is 2.24. The second-order valence-electron chi connectivity index (χ2n) is 10.1. The summed E-state index contributed by atoms with van der Waals surface area (Å²) in [5.41, 5.74) is 5.63. The van der Waals surface area contributed by atoms with E-state index >= 15 is 0 Å². The average Bonchev–Trinajstić information content (AvgIpc) is 2.71. The molecule has 0 spiro atoms. The molecule has 0 atom stereocenters. The van der Waals surface area contributed by atoms with Crippen LogP contribution in [0.4, 0.5) is 17.1 Å². The van der Waals surface area contributed by atoms with Gasteiger partial charge in [-0.1, -0.05) is 77.9 Å². The minimum absolute atomic E-state index is 0.0261. The summed E-state index contributed by atoms with van der Waals surface area (Å²) in [4.78, 5) is 6.93. The van der Waals surface area contributed by atoms with E-state index in [4.69, 9.17) is 4.99 Å². The van der Waals surface area contributed by atoms with Crippen molar-refractivity contribution in [2.24, 2.45) is 4.99 Å². The summed E-state index contributed by atoms with van der Waals surface area (Å²) in [7, 11) is 2.04. The number of hydrogen-bond donors (Lipinski definition) is 1. The third-order valence-electron chi connectivity index (χ3n) is 5.54. The Morgan fingerprint density at radius 1 is 0.806 bits per heavy atom. The number of aromatic hydroxyl groups is 1. The normalized spacial score (nSPS) is 12.4. The molecule has 0 amide bonds. The number of phenols is 1. The van der Waals surface area contributed by atoms with Crippen molar-refractivity contribution < 1.29 is 5.11 Å². The van der Waals surface area contributed by atoms with Crippen LogP contribution < -0.4 is 4.90 Å². The van der Waals surface area contributed by atoms with Gasteiger partial charge in [-0.2, -0.15) is 0 Å². The predicted octanol–water partition coefficient (Wildman–Crippen LogP) is 7.51. The van der Waals surface area contributed by atoms with Crippen molar-refractivity contribution in [2.75, 3.05) is 11.9 Å². The van der Waals surface area contributed by atoms with E-state index in [2.05, 4.69) is 76.8 Å². The highest BCUT2D eigenvalue weighted by atomic mass is 16.3.